The molecule has 0 unspecified atom stereocenters. The van der Waals surface area contributed by atoms with Gasteiger partial charge in [-0.2, -0.15) is 0 Å². The SMILES string of the molecule is CC(=O)OOC(=O)C=Cc1ccccc1. The smallest absolute Gasteiger partial charge is 0.248 e. The number of carbonyl (C=O) groups is 2. The summed E-state index contributed by atoms with van der Waals surface area (Å²) in [5.74, 6) is -1.40. The summed E-state index contributed by atoms with van der Waals surface area (Å²) >= 11 is 0. The number of hydrogen-bond donors (Lipinski definition) is 0. The lowest BCUT2D eigenvalue weighted by atomic mass is 10.2. The molecular formula is C11H10O4. The molecule has 0 aliphatic carbocycles. The van der Waals surface area contributed by atoms with E-state index in [0.717, 1.165) is 12.5 Å². The summed E-state index contributed by atoms with van der Waals surface area (Å²) in [6.45, 7) is 1.15. The highest BCUT2D eigenvalue weighted by atomic mass is 17.2. The number of carbonyl (C=O) groups excluding carboxylic acids is 2. The molecule has 0 fully saturated rings. The van der Waals surface area contributed by atoms with E-state index in [1.807, 2.05) is 30.3 Å². The molecule has 4 heteroatoms. The van der Waals surface area contributed by atoms with Gasteiger partial charge >= 0.3 is 11.9 Å². The predicted molar refractivity (Wildman–Crippen MR) is 53.3 cm³/mol. The maximum atomic E-state index is 10.9. The van der Waals surface area contributed by atoms with Crippen LogP contribution in [0.15, 0.2) is 36.4 Å². The summed E-state index contributed by atoms with van der Waals surface area (Å²) in [4.78, 5) is 29.4. The molecule has 4 nitrogen and oxygen atoms in total. The molecule has 0 atom stereocenters. The third-order valence-electron chi connectivity index (χ3n) is 1.45. The molecule has 0 spiro atoms. The molecule has 0 N–H and O–H groups in total. The van der Waals surface area contributed by atoms with Crippen LogP contribution in [0.2, 0.25) is 0 Å². The lowest BCUT2D eigenvalue weighted by Crippen LogP contribution is -2.05. The average Bonchev–Trinajstić information content (AvgIpc) is 2.25. The Bertz CT molecular complexity index is 367. The van der Waals surface area contributed by atoms with E-state index >= 15 is 0 Å². The van der Waals surface area contributed by atoms with Crippen LogP contribution >= 0.6 is 0 Å². The third kappa shape index (κ3) is 4.61. The molecule has 1 aromatic carbocycles. The van der Waals surface area contributed by atoms with Crippen LogP contribution in [0.4, 0.5) is 0 Å². The fourth-order valence-corrected chi connectivity index (χ4v) is 0.856. The van der Waals surface area contributed by atoms with Gasteiger partial charge in [0.2, 0.25) is 0 Å². The molecule has 0 saturated carbocycles. The first-order chi connectivity index (χ1) is 7.18. The average molecular weight is 206 g/mol. The van der Waals surface area contributed by atoms with Crippen molar-refractivity contribution < 1.29 is 19.4 Å². The highest BCUT2D eigenvalue weighted by molar-refractivity contribution is 5.87. The van der Waals surface area contributed by atoms with Gasteiger partial charge in [-0.25, -0.2) is 19.4 Å². The zero-order chi connectivity index (χ0) is 11.1. The van der Waals surface area contributed by atoms with Crippen LogP contribution in [-0.4, -0.2) is 11.9 Å². The zero-order valence-corrected chi connectivity index (χ0v) is 8.17. The van der Waals surface area contributed by atoms with Crippen molar-refractivity contribution in [1.29, 1.82) is 0 Å². The van der Waals surface area contributed by atoms with E-state index in [1.165, 1.54) is 6.08 Å². The molecule has 0 heterocycles. The second-order valence-corrected chi connectivity index (χ2v) is 2.72. The van der Waals surface area contributed by atoms with Crippen LogP contribution < -0.4 is 0 Å². The molecule has 0 amide bonds. The Hall–Kier alpha value is -2.10. The van der Waals surface area contributed by atoms with Gasteiger partial charge in [-0.1, -0.05) is 30.3 Å². The molecule has 78 valence electrons. The minimum Gasteiger partial charge on any atom is -0.248 e. The first-order valence-electron chi connectivity index (χ1n) is 4.30. The van der Waals surface area contributed by atoms with Gasteiger partial charge < -0.3 is 0 Å². The van der Waals surface area contributed by atoms with Crippen LogP contribution in [0.3, 0.4) is 0 Å². The van der Waals surface area contributed by atoms with E-state index in [9.17, 15) is 9.59 Å². The lowest BCUT2D eigenvalue weighted by molar-refractivity contribution is -0.252. The second-order valence-electron chi connectivity index (χ2n) is 2.72. The van der Waals surface area contributed by atoms with Crippen molar-refractivity contribution in [3.05, 3.63) is 42.0 Å². The number of benzene rings is 1. The largest absolute Gasteiger partial charge is 0.379 e. The Morgan fingerprint density at radius 3 is 2.40 bits per heavy atom. The van der Waals surface area contributed by atoms with E-state index in [1.54, 1.807) is 6.08 Å². The fourth-order valence-electron chi connectivity index (χ4n) is 0.856. The van der Waals surface area contributed by atoms with E-state index < -0.39 is 11.9 Å². The van der Waals surface area contributed by atoms with Crippen LogP contribution in [0, 0.1) is 0 Å². The van der Waals surface area contributed by atoms with Crippen LogP contribution in [0.25, 0.3) is 6.08 Å². The van der Waals surface area contributed by atoms with Crippen molar-refractivity contribution in [2.45, 2.75) is 6.92 Å². The summed E-state index contributed by atoms with van der Waals surface area (Å²) in [6.07, 6.45) is 2.74. The normalized spacial score (nSPS) is 9.93. The molecule has 0 aromatic heterocycles. The summed E-state index contributed by atoms with van der Waals surface area (Å²) in [5, 5.41) is 0. The molecule has 0 bridgehead atoms. The van der Waals surface area contributed by atoms with Gasteiger partial charge in [0.15, 0.2) is 0 Å². The molecule has 15 heavy (non-hydrogen) atoms. The third-order valence-corrected chi connectivity index (χ3v) is 1.45. The van der Waals surface area contributed by atoms with E-state index in [-0.39, 0.29) is 0 Å². The van der Waals surface area contributed by atoms with Crippen molar-refractivity contribution >= 4 is 18.0 Å². The Balaban J connectivity index is 2.44. The lowest BCUT2D eigenvalue weighted by Gasteiger charge is -1.95. The highest BCUT2D eigenvalue weighted by Crippen LogP contribution is 2.01. The minimum absolute atomic E-state index is 0.670. The first-order valence-corrected chi connectivity index (χ1v) is 4.30. The Morgan fingerprint density at radius 2 is 1.80 bits per heavy atom. The van der Waals surface area contributed by atoms with Crippen molar-refractivity contribution in [2.24, 2.45) is 0 Å². The van der Waals surface area contributed by atoms with Gasteiger partial charge in [-0.15, -0.1) is 0 Å². The molecular weight excluding hydrogens is 196 g/mol. The zero-order valence-electron chi connectivity index (χ0n) is 8.17. The summed E-state index contributed by atoms with van der Waals surface area (Å²) in [7, 11) is 0. The van der Waals surface area contributed by atoms with Gasteiger partial charge in [0.05, 0.1) is 0 Å². The van der Waals surface area contributed by atoms with Crippen LogP contribution in [-0.2, 0) is 19.4 Å². The molecule has 0 radical (unpaired) electrons. The number of hydrogen-bond acceptors (Lipinski definition) is 4. The summed E-state index contributed by atoms with van der Waals surface area (Å²) in [5.41, 5.74) is 0.859. The Kier molecular flexibility index (Phi) is 4.09. The first kappa shape index (κ1) is 11.0. The fraction of sp³-hybridized carbons (Fsp3) is 0.0909. The van der Waals surface area contributed by atoms with E-state index in [0.29, 0.717) is 0 Å². The van der Waals surface area contributed by atoms with Crippen molar-refractivity contribution in [3.8, 4) is 0 Å². The van der Waals surface area contributed by atoms with Gasteiger partial charge in [-0.05, 0) is 11.6 Å². The number of rotatable bonds is 2. The Morgan fingerprint density at radius 1 is 1.13 bits per heavy atom. The topological polar surface area (TPSA) is 52.6 Å². The monoisotopic (exact) mass is 206 g/mol. The Labute approximate surface area is 87.0 Å². The maximum Gasteiger partial charge on any atom is 0.379 e. The van der Waals surface area contributed by atoms with Crippen molar-refractivity contribution in [3.63, 3.8) is 0 Å². The molecule has 1 rings (SSSR count). The van der Waals surface area contributed by atoms with Crippen LogP contribution in [0.1, 0.15) is 12.5 Å². The maximum absolute atomic E-state index is 10.9. The molecule has 1 aromatic rings. The quantitative estimate of drug-likeness (QED) is 0.420. The van der Waals surface area contributed by atoms with Crippen molar-refractivity contribution in [2.75, 3.05) is 0 Å². The predicted octanol–water partition coefficient (Wildman–Crippen LogP) is 1.72. The summed E-state index contributed by atoms with van der Waals surface area (Å²) < 4.78 is 0. The molecule has 0 aliphatic heterocycles. The van der Waals surface area contributed by atoms with Crippen LogP contribution in [0.5, 0.6) is 0 Å². The molecule has 0 saturated heterocycles. The van der Waals surface area contributed by atoms with Gasteiger partial charge in [0.25, 0.3) is 0 Å². The highest BCUT2D eigenvalue weighted by Gasteiger charge is 2.00. The van der Waals surface area contributed by atoms with E-state index in [2.05, 4.69) is 9.78 Å². The minimum atomic E-state index is -0.728. The molecule has 0 aliphatic rings. The van der Waals surface area contributed by atoms with Gasteiger partial charge in [-0.3, -0.25) is 0 Å². The van der Waals surface area contributed by atoms with Crippen molar-refractivity contribution in [1.82, 2.24) is 0 Å². The summed E-state index contributed by atoms with van der Waals surface area (Å²) in [6, 6.07) is 9.22. The standard InChI is InChI=1S/C11H10O4/c1-9(12)14-15-11(13)8-7-10-5-3-2-4-6-10/h2-8H,1H3. The van der Waals surface area contributed by atoms with Gasteiger partial charge in [0.1, 0.15) is 0 Å². The van der Waals surface area contributed by atoms with E-state index in [4.69, 9.17) is 0 Å². The second kappa shape index (κ2) is 5.59. The van der Waals surface area contributed by atoms with Gasteiger partial charge in [0, 0.05) is 13.0 Å².